The molecule has 2 aliphatic heterocycles. The zero-order valence-corrected chi connectivity index (χ0v) is 43.1. The SMILES string of the molecule is CCNC(=O)C[C@@H]1N=C(c2ccc(SCCCCCCCCCCCCCNC(=O)C[C@@H]3N=C(c4ccc(Cl)cc4)c4cc(OC)ccc4-n4c(C)nnc43)cc2)c2cc(OC)ccc2-n2c(C)nnc21. The molecule has 2 N–H and O–H groups in total. The van der Waals surface area contributed by atoms with Crippen molar-refractivity contribution in [3.8, 4) is 22.9 Å². The molecule has 0 unspecified atom stereocenters. The van der Waals surface area contributed by atoms with Gasteiger partial charge in [-0.25, -0.2) is 0 Å². The lowest BCUT2D eigenvalue weighted by atomic mass is 10.00. The largest absolute Gasteiger partial charge is 0.497 e. The second-order valence-corrected chi connectivity index (χ2v) is 19.7. The number of hydrogen-bond acceptors (Lipinski definition) is 11. The van der Waals surface area contributed by atoms with Crippen LogP contribution in [-0.2, 0) is 9.59 Å². The lowest BCUT2D eigenvalue weighted by molar-refractivity contribution is -0.122. The standard InChI is InChI=1S/C55H65ClN10O4S/c1-6-57-50(67)34-46-54-63-61-36(2)65(54)49-29-25-42(70-5)33-45(49)53(59-46)39-20-26-43(27-21-39)71-31-17-15-13-11-9-7-8-10-12-14-16-30-58-51(68)35-47-55-64-62-37(3)66(55)48-28-24-41(69-4)32-44(48)52(60-47)38-18-22-40(56)23-19-38/h18-29,32-33,46-47H,6-17,30-31,34-35H2,1-5H3,(H,57,67)(H,58,68)/t46-,47-/m0/s1. The van der Waals surface area contributed by atoms with Crippen LogP contribution in [0.25, 0.3) is 11.4 Å². The Labute approximate surface area is 426 Å². The number of nitrogens with one attached hydrogen (secondary N) is 2. The number of thioether (sulfide) groups is 1. The van der Waals surface area contributed by atoms with Crippen molar-refractivity contribution in [1.82, 2.24) is 40.2 Å². The van der Waals surface area contributed by atoms with Gasteiger partial charge in [0.1, 0.15) is 35.2 Å². The molecular formula is C55H65ClN10O4S. The van der Waals surface area contributed by atoms with Crippen LogP contribution in [0.4, 0.5) is 0 Å². The van der Waals surface area contributed by atoms with E-state index < -0.39 is 12.1 Å². The summed E-state index contributed by atoms with van der Waals surface area (Å²) < 4.78 is 15.2. The van der Waals surface area contributed by atoms with E-state index in [1.807, 2.05) is 102 Å². The predicted octanol–water partition coefficient (Wildman–Crippen LogP) is 11.0. The molecule has 372 valence electrons. The van der Waals surface area contributed by atoms with Crippen LogP contribution in [0.3, 0.4) is 0 Å². The first kappa shape index (κ1) is 51.0. The van der Waals surface area contributed by atoms with E-state index >= 15 is 0 Å². The lowest BCUT2D eigenvalue weighted by Gasteiger charge is -2.14. The Morgan fingerprint density at radius 3 is 1.52 bits per heavy atom. The number of hydrogen-bond donors (Lipinski definition) is 2. The van der Waals surface area contributed by atoms with Gasteiger partial charge in [0.15, 0.2) is 11.6 Å². The highest BCUT2D eigenvalue weighted by atomic mass is 35.5. The Bertz CT molecular complexity index is 2840. The number of fused-ring (bicyclic) bond motifs is 6. The molecule has 6 aromatic rings. The van der Waals surface area contributed by atoms with Crippen LogP contribution in [0.1, 0.15) is 148 Å². The van der Waals surface area contributed by atoms with Crippen LogP contribution in [-0.4, -0.2) is 85.8 Å². The average molecular weight is 998 g/mol. The van der Waals surface area contributed by atoms with Crippen LogP contribution in [0.15, 0.2) is 99.8 Å². The lowest BCUT2D eigenvalue weighted by Crippen LogP contribution is -2.26. The van der Waals surface area contributed by atoms with E-state index in [4.69, 9.17) is 31.1 Å². The molecule has 2 atom stereocenters. The van der Waals surface area contributed by atoms with Crippen molar-refractivity contribution in [3.63, 3.8) is 0 Å². The third-order valence-electron chi connectivity index (χ3n) is 13.1. The summed E-state index contributed by atoms with van der Waals surface area (Å²) in [4.78, 5) is 37.8. The van der Waals surface area contributed by atoms with Crippen molar-refractivity contribution < 1.29 is 19.1 Å². The summed E-state index contributed by atoms with van der Waals surface area (Å²) in [6, 6.07) is 27.0. The number of rotatable bonds is 24. The summed E-state index contributed by atoms with van der Waals surface area (Å²) >= 11 is 8.15. The summed E-state index contributed by atoms with van der Waals surface area (Å²) in [6.45, 7) is 6.94. The number of halogens is 1. The monoisotopic (exact) mass is 996 g/mol. The van der Waals surface area contributed by atoms with Crippen molar-refractivity contribution in [2.45, 2.75) is 121 Å². The van der Waals surface area contributed by atoms with Crippen molar-refractivity contribution >= 4 is 46.6 Å². The number of nitrogens with zero attached hydrogens (tertiary/aromatic N) is 8. The molecule has 2 aliphatic rings. The summed E-state index contributed by atoms with van der Waals surface area (Å²) in [7, 11) is 3.31. The van der Waals surface area contributed by atoms with Crippen molar-refractivity contribution in [1.29, 1.82) is 0 Å². The Morgan fingerprint density at radius 1 is 0.592 bits per heavy atom. The number of aryl methyl sites for hydroxylation is 2. The number of aliphatic imine (C=N–C) groups is 2. The van der Waals surface area contributed by atoms with E-state index in [-0.39, 0.29) is 24.7 Å². The van der Waals surface area contributed by atoms with E-state index in [0.717, 1.165) is 81.0 Å². The number of methoxy groups -OCH3 is 2. The van der Waals surface area contributed by atoms with Crippen molar-refractivity contribution in [2.24, 2.45) is 9.98 Å². The summed E-state index contributed by atoms with van der Waals surface area (Å²) in [5.74, 6) is 5.14. The molecule has 0 aliphatic carbocycles. The molecule has 0 spiro atoms. The Balaban J connectivity index is 0.720. The molecule has 71 heavy (non-hydrogen) atoms. The molecule has 0 radical (unpaired) electrons. The van der Waals surface area contributed by atoms with Gasteiger partial charge in [0.05, 0.1) is 49.9 Å². The van der Waals surface area contributed by atoms with Crippen LogP contribution in [0.5, 0.6) is 11.5 Å². The fourth-order valence-electron chi connectivity index (χ4n) is 9.38. The molecule has 4 heterocycles. The highest BCUT2D eigenvalue weighted by molar-refractivity contribution is 7.99. The van der Waals surface area contributed by atoms with Gasteiger partial charge in [-0.2, -0.15) is 0 Å². The van der Waals surface area contributed by atoms with Gasteiger partial charge in [-0.3, -0.25) is 28.7 Å². The summed E-state index contributed by atoms with van der Waals surface area (Å²) in [5, 5.41) is 24.5. The molecule has 14 nitrogen and oxygen atoms in total. The fraction of sp³-hybridized carbons (Fsp3) is 0.418. The number of amides is 2. The number of ether oxygens (including phenoxy) is 2. The number of aromatic nitrogens is 6. The Morgan fingerprint density at radius 2 is 1.04 bits per heavy atom. The molecule has 2 amide bonds. The summed E-state index contributed by atoms with van der Waals surface area (Å²) in [6.07, 6.45) is 13.5. The van der Waals surface area contributed by atoms with Gasteiger partial charge >= 0.3 is 0 Å². The van der Waals surface area contributed by atoms with Gasteiger partial charge in [-0.15, -0.1) is 32.2 Å². The molecule has 8 rings (SSSR count). The van der Waals surface area contributed by atoms with Gasteiger partial charge in [0.25, 0.3) is 0 Å². The fourth-order valence-corrected chi connectivity index (χ4v) is 10.4. The van der Waals surface area contributed by atoms with Crippen molar-refractivity contribution in [2.75, 3.05) is 33.1 Å². The molecule has 0 bridgehead atoms. The molecule has 16 heteroatoms. The number of benzene rings is 4. The minimum Gasteiger partial charge on any atom is -0.497 e. The summed E-state index contributed by atoms with van der Waals surface area (Å²) in [5.41, 5.74) is 7.00. The first-order valence-corrected chi connectivity index (χ1v) is 26.4. The number of carbonyl (C=O) groups is 2. The van der Waals surface area contributed by atoms with Gasteiger partial charge in [-0.05, 0) is 100 Å². The topological polar surface area (TPSA) is 163 Å². The first-order chi connectivity index (χ1) is 34.6. The second kappa shape index (κ2) is 24.7. The van der Waals surface area contributed by atoms with E-state index in [1.165, 1.54) is 62.7 Å². The van der Waals surface area contributed by atoms with Gasteiger partial charge in [-0.1, -0.05) is 93.7 Å². The van der Waals surface area contributed by atoms with Crippen molar-refractivity contribution in [3.05, 3.63) is 136 Å². The normalized spacial score (nSPS) is 14.7. The van der Waals surface area contributed by atoms with Gasteiger partial charge < -0.3 is 20.1 Å². The quantitative estimate of drug-likeness (QED) is 0.0444. The molecule has 0 fully saturated rings. The third kappa shape index (κ3) is 12.6. The maximum Gasteiger partial charge on any atom is 0.222 e. The van der Waals surface area contributed by atoms with E-state index in [0.29, 0.717) is 35.5 Å². The molecule has 4 aromatic carbocycles. The zero-order valence-electron chi connectivity index (χ0n) is 41.5. The second-order valence-electron chi connectivity index (χ2n) is 18.1. The smallest absolute Gasteiger partial charge is 0.222 e. The number of carbonyl (C=O) groups excluding carboxylic acids is 2. The predicted molar refractivity (Wildman–Crippen MR) is 282 cm³/mol. The van der Waals surface area contributed by atoms with Gasteiger partial charge in [0.2, 0.25) is 11.8 Å². The highest BCUT2D eigenvalue weighted by Crippen LogP contribution is 2.37. The van der Waals surface area contributed by atoms with Crippen LogP contribution < -0.4 is 20.1 Å². The van der Waals surface area contributed by atoms with E-state index in [9.17, 15) is 9.59 Å². The highest BCUT2D eigenvalue weighted by Gasteiger charge is 2.32. The molecular weight excluding hydrogens is 932 g/mol. The van der Waals surface area contributed by atoms with E-state index in [1.54, 1.807) is 14.2 Å². The first-order valence-electron chi connectivity index (χ1n) is 25.0. The molecule has 2 aromatic heterocycles. The van der Waals surface area contributed by atoms with E-state index in [2.05, 4.69) is 55.3 Å². The third-order valence-corrected chi connectivity index (χ3v) is 14.4. The minimum atomic E-state index is -0.526. The maximum absolute atomic E-state index is 13.4. The van der Waals surface area contributed by atoms with Gasteiger partial charge in [0, 0.05) is 45.3 Å². The molecule has 0 saturated heterocycles. The average Bonchev–Trinajstić information content (AvgIpc) is 3.88. The minimum absolute atomic E-state index is 0.0544. The molecule has 0 saturated carbocycles. The Hall–Kier alpha value is -6.32. The zero-order chi connectivity index (χ0) is 49.7. The Kier molecular flexibility index (Phi) is 17.7. The number of unbranched alkanes of at least 4 members (excludes halogenated alkanes) is 10. The van der Waals surface area contributed by atoms with Crippen LogP contribution in [0.2, 0.25) is 5.02 Å². The maximum atomic E-state index is 13.4. The van der Waals surface area contributed by atoms with Crippen LogP contribution >= 0.6 is 23.4 Å². The van der Waals surface area contributed by atoms with Crippen LogP contribution in [0, 0.1) is 13.8 Å².